The molecule has 2 amide bonds. The SMILES string of the molecule is COc1cc(NC(=O)C2(C(=O)NCc3ccc(C)cc3)CC2)cc(OC)c1OC. The molecule has 1 fully saturated rings. The zero-order valence-electron chi connectivity index (χ0n) is 17.1. The Morgan fingerprint density at radius 3 is 2.00 bits per heavy atom. The van der Waals surface area contributed by atoms with Crippen LogP contribution in [0.5, 0.6) is 17.2 Å². The van der Waals surface area contributed by atoms with Gasteiger partial charge in [-0.25, -0.2) is 0 Å². The minimum absolute atomic E-state index is 0.261. The average Bonchev–Trinajstić information content (AvgIpc) is 3.54. The summed E-state index contributed by atoms with van der Waals surface area (Å²) >= 11 is 0. The summed E-state index contributed by atoms with van der Waals surface area (Å²) in [5, 5.41) is 5.70. The molecule has 7 heteroatoms. The van der Waals surface area contributed by atoms with Crippen molar-refractivity contribution in [3.8, 4) is 17.2 Å². The molecule has 2 aromatic carbocycles. The predicted molar refractivity (Wildman–Crippen MR) is 109 cm³/mol. The van der Waals surface area contributed by atoms with E-state index in [1.807, 2.05) is 31.2 Å². The molecule has 3 rings (SSSR count). The molecule has 2 aromatic rings. The summed E-state index contributed by atoms with van der Waals surface area (Å²) in [5.74, 6) is 0.688. The van der Waals surface area contributed by atoms with Crippen LogP contribution in [0.25, 0.3) is 0 Å². The van der Waals surface area contributed by atoms with E-state index in [0.29, 0.717) is 42.3 Å². The van der Waals surface area contributed by atoms with E-state index in [1.165, 1.54) is 21.3 Å². The molecule has 0 unspecified atom stereocenters. The van der Waals surface area contributed by atoms with Gasteiger partial charge in [0.2, 0.25) is 17.6 Å². The molecule has 0 aromatic heterocycles. The zero-order valence-corrected chi connectivity index (χ0v) is 17.1. The van der Waals surface area contributed by atoms with Crippen LogP contribution in [0.15, 0.2) is 36.4 Å². The van der Waals surface area contributed by atoms with Crippen LogP contribution < -0.4 is 24.8 Å². The quantitative estimate of drug-likeness (QED) is 0.668. The molecule has 0 radical (unpaired) electrons. The van der Waals surface area contributed by atoms with Gasteiger partial charge >= 0.3 is 0 Å². The zero-order chi connectivity index (χ0) is 21.0. The number of hydrogen-bond acceptors (Lipinski definition) is 5. The molecule has 154 valence electrons. The van der Waals surface area contributed by atoms with Gasteiger partial charge in [-0.1, -0.05) is 29.8 Å². The summed E-state index contributed by atoms with van der Waals surface area (Å²) in [4.78, 5) is 25.6. The Morgan fingerprint density at radius 2 is 1.52 bits per heavy atom. The first kappa shape index (κ1) is 20.5. The fraction of sp³-hybridized carbons (Fsp3) is 0.364. The molecule has 0 spiro atoms. The van der Waals surface area contributed by atoms with Gasteiger partial charge in [0.05, 0.1) is 21.3 Å². The first-order valence-corrected chi connectivity index (χ1v) is 9.39. The Balaban J connectivity index is 1.69. The van der Waals surface area contributed by atoms with Crippen LogP contribution in [-0.4, -0.2) is 33.1 Å². The topological polar surface area (TPSA) is 85.9 Å². The van der Waals surface area contributed by atoms with Crippen LogP contribution in [-0.2, 0) is 16.1 Å². The lowest BCUT2D eigenvalue weighted by Crippen LogP contribution is -2.39. The molecule has 0 aliphatic heterocycles. The van der Waals surface area contributed by atoms with E-state index in [0.717, 1.165) is 11.1 Å². The smallest absolute Gasteiger partial charge is 0.240 e. The molecular weight excluding hydrogens is 372 g/mol. The maximum atomic E-state index is 12.9. The number of ether oxygens (including phenoxy) is 3. The molecule has 1 aliphatic rings. The molecule has 0 saturated heterocycles. The summed E-state index contributed by atoms with van der Waals surface area (Å²) < 4.78 is 15.9. The van der Waals surface area contributed by atoms with E-state index in [4.69, 9.17) is 14.2 Å². The van der Waals surface area contributed by atoms with Crippen molar-refractivity contribution in [3.05, 3.63) is 47.5 Å². The maximum absolute atomic E-state index is 12.9. The first-order chi connectivity index (χ1) is 13.9. The van der Waals surface area contributed by atoms with Gasteiger partial charge in [0.25, 0.3) is 0 Å². The molecule has 0 atom stereocenters. The highest BCUT2D eigenvalue weighted by Crippen LogP contribution is 2.47. The number of anilines is 1. The highest BCUT2D eigenvalue weighted by molar-refractivity contribution is 6.13. The number of methoxy groups -OCH3 is 3. The van der Waals surface area contributed by atoms with Gasteiger partial charge < -0.3 is 24.8 Å². The summed E-state index contributed by atoms with van der Waals surface area (Å²) in [6.07, 6.45) is 1.03. The highest BCUT2D eigenvalue weighted by Gasteiger charge is 2.56. The van der Waals surface area contributed by atoms with E-state index < -0.39 is 5.41 Å². The Bertz CT molecular complexity index is 879. The van der Waals surface area contributed by atoms with Crippen LogP contribution in [0.3, 0.4) is 0 Å². The third kappa shape index (κ3) is 4.29. The van der Waals surface area contributed by atoms with Gasteiger partial charge in [0.15, 0.2) is 11.5 Å². The van der Waals surface area contributed by atoms with E-state index >= 15 is 0 Å². The van der Waals surface area contributed by atoms with E-state index in [-0.39, 0.29) is 11.8 Å². The lowest BCUT2D eigenvalue weighted by Gasteiger charge is -2.18. The standard InChI is InChI=1S/C22H26N2O5/c1-14-5-7-15(8-6-14)13-23-20(25)22(9-10-22)21(26)24-16-11-17(27-2)19(29-4)18(12-16)28-3/h5-8,11-12H,9-10,13H2,1-4H3,(H,23,25)(H,24,26). The fourth-order valence-corrected chi connectivity index (χ4v) is 3.14. The second kappa shape index (κ2) is 8.43. The first-order valence-electron chi connectivity index (χ1n) is 9.39. The second-order valence-corrected chi connectivity index (χ2v) is 7.12. The number of aryl methyl sites for hydroxylation is 1. The number of amides is 2. The van der Waals surface area contributed by atoms with Crippen molar-refractivity contribution < 1.29 is 23.8 Å². The molecule has 0 heterocycles. The van der Waals surface area contributed by atoms with Gasteiger partial charge in [0.1, 0.15) is 5.41 Å². The van der Waals surface area contributed by atoms with Gasteiger partial charge in [0, 0.05) is 24.4 Å². The summed E-state index contributed by atoms with van der Waals surface area (Å²) in [6.45, 7) is 2.40. The lowest BCUT2D eigenvalue weighted by atomic mass is 10.0. The largest absolute Gasteiger partial charge is 0.493 e. The Labute approximate surface area is 170 Å². The second-order valence-electron chi connectivity index (χ2n) is 7.12. The molecule has 2 N–H and O–H groups in total. The number of benzene rings is 2. The summed E-state index contributed by atoms with van der Waals surface area (Å²) in [6, 6.07) is 11.2. The van der Waals surface area contributed by atoms with Crippen LogP contribution in [0, 0.1) is 12.3 Å². The molecular formula is C22H26N2O5. The Morgan fingerprint density at radius 1 is 0.931 bits per heavy atom. The van der Waals surface area contributed by atoms with Gasteiger partial charge in [-0.15, -0.1) is 0 Å². The van der Waals surface area contributed by atoms with Gasteiger partial charge in [-0.05, 0) is 25.3 Å². The Hall–Kier alpha value is -3.22. The van der Waals surface area contributed by atoms with Crippen LogP contribution in [0.4, 0.5) is 5.69 Å². The van der Waals surface area contributed by atoms with Gasteiger partial charge in [-0.2, -0.15) is 0 Å². The van der Waals surface area contributed by atoms with E-state index in [2.05, 4.69) is 10.6 Å². The molecule has 7 nitrogen and oxygen atoms in total. The summed E-state index contributed by atoms with van der Waals surface area (Å²) in [7, 11) is 4.52. The fourth-order valence-electron chi connectivity index (χ4n) is 3.14. The molecule has 0 bridgehead atoms. The van der Waals surface area contributed by atoms with Crippen LogP contribution in [0.2, 0.25) is 0 Å². The molecule has 1 saturated carbocycles. The summed E-state index contributed by atoms with van der Waals surface area (Å²) in [5.41, 5.74) is 1.58. The van der Waals surface area contributed by atoms with E-state index in [9.17, 15) is 9.59 Å². The molecule has 29 heavy (non-hydrogen) atoms. The number of carbonyl (C=O) groups excluding carboxylic acids is 2. The molecule has 1 aliphatic carbocycles. The Kier molecular flexibility index (Phi) is 5.96. The normalized spacial score (nSPS) is 13.9. The van der Waals surface area contributed by atoms with Crippen LogP contribution in [0.1, 0.15) is 24.0 Å². The predicted octanol–water partition coefficient (Wildman–Crippen LogP) is 3.06. The third-order valence-corrected chi connectivity index (χ3v) is 5.12. The third-order valence-electron chi connectivity index (χ3n) is 5.12. The number of hydrogen-bond donors (Lipinski definition) is 2. The average molecular weight is 398 g/mol. The monoisotopic (exact) mass is 398 g/mol. The van der Waals surface area contributed by atoms with Crippen molar-refractivity contribution in [2.45, 2.75) is 26.3 Å². The number of carbonyl (C=O) groups is 2. The van der Waals surface area contributed by atoms with Crippen molar-refractivity contribution in [2.75, 3.05) is 26.6 Å². The van der Waals surface area contributed by atoms with Crippen molar-refractivity contribution in [2.24, 2.45) is 5.41 Å². The van der Waals surface area contributed by atoms with Gasteiger partial charge in [-0.3, -0.25) is 9.59 Å². The van der Waals surface area contributed by atoms with Crippen molar-refractivity contribution in [1.29, 1.82) is 0 Å². The maximum Gasteiger partial charge on any atom is 0.240 e. The highest BCUT2D eigenvalue weighted by atomic mass is 16.5. The number of rotatable bonds is 8. The minimum Gasteiger partial charge on any atom is -0.493 e. The van der Waals surface area contributed by atoms with Crippen molar-refractivity contribution in [3.63, 3.8) is 0 Å². The lowest BCUT2D eigenvalue weighted by molar-refractivity contribution is -0.134. The van der Waals surface area contributed by atoms with Crippen molar-refractivity contribution >= 4 is 17.5 Å². The minimum atomic E-state index is -1.04. The van der Waals surface area contributed by atoms with Crippen molar-refractivity contribution in [1.82, 2.24) is 5.32 Å². The number of nitrogens with one attached hydrogen (secondary N) is 2. The van der Waals surface area contributed by atoms with E-state index in [1.54, 1.807) is 12.1 Å². The van der Waals surface area contributed by atoms with Crippen LogP contribution >= 0.6 is 0 Å².